The molecule has 3 fully saturated rings. The zero-order chi connectivity index (χ0) is 18.7. The number of nitrogens with one attached hydrogen (secondary N) is 1. The van der Waals surface area contributed by atoms with E-state index < -0.39 is 0 Å². The van der Waals surface area contributed by atoms with Gasteiger partial charge in [-0.3, -0.25) is 4.79 Å². The highest BCUT2D eigenvalue weighted by atomic mass is 16.5. The molecule has 4 heteroatoms. The molecule has 0 radical (unpaired) electrons. The van der Waals surface area contributed by atoms with Crippen molar-refractivity contribution in [3.8, 4) is 5.75 Å². The van der Waals surface area contributed by atoms with Gasteiger partial charge in [0, 0.05) is 37.0 Å². The Balaban J connectivity index is 1.38. The predicted molar refractivity (Wildman–Crippen MR) is 108 cm³/mol. The molecule has 0 bridgehead atoms. The number of hydrogen-bond acceptors (Lipinski definition) is 3. The highest BCUT2D eigenvalue weighted by molar-refractivity contribution is 5.81. The number of benzene rings is 1. The van der Waals surface area contributed by atoms with Crippen LogP contribution in [0, 0.1) is 5.92 Å². The molecule has 1 aliphatic heterocycles. The van der Waals surface area contributed by atoms with Gasteiger partial charge in [-0.1, -0.05) is 31.4 Å². The lowest BCUT2D eigenvalue weighted by Gasteiger charge is -2.44. The lowest BCUT2D eigenvalue weighted by atomic mass is 9.69. The third-order valence-corrected chi connectivity index (χ3v) is 6.92. The van der Waals surface area contributed by atoms with Gasteiger partial charge in [0.15, 0.2) is 0 Å². The van der Waals surface area contributed by atoms with Crippen molar-refractivity contribution in [3.63, 3.8) is 0 Å². The number of methoxy groups -OCH3 is 1. The van der Waals surface area contributed by atoms with Crippen molar-refractivity contribution in [2.24, 2.45) is 5.92 Å². The standard InChI is InChI=1S/C23H34N2O2/c1-27-21-9-7-19(8-10-21)23(13-3-2-4-14-23)17-25-15-11-20(12-16-25)24-22(26)18-5-6-18/h7-10,18,20H,2-6,11-17H2,1H3,(H,24,26). The number of nitrogens with zero attached hydrogens (tertiary/aromatic N) is 1. The molecule has 4 nitrogen and oxygen atoms in total. The minimum absolute atomic E-state index is 0.286. The average molecular weight is 371 g/mol. The van der Waals surface area contributed by atoms with E-state index in [2.05, 4.69) is 34.5 Å². The lowest BCUT2D eigenvalue weighted by Crippen LogP contribution is -2.49. The quantitative estimate of drug-likeness (QED) is 0.826. The molecule has 0 unspecified atom stereocenters. The van der Waals surface area contributed by atoms with Crippen LogP contribution in [0.5, 0.6) is 5.75 Å². The maximum absolute atomic E-state index is 12.0. The summed E-state index contributed by atoms with van der Waals surface area (Å²) in [5.41, 5.74) is 1.77. The molecule has 1 aromatic rings. The lowest BCUT2D eigenvalue weighted by molar-refractivity contribution is -0.123. The molecule has 2 aliphatic carbocycles. The number of ether oxygens (including phenoxy) is 1. The summed E-state index contributed by atoms with van der Waals surface area (Å²) in [6.07, 6.45) is 11.0. The van der Waals surface area contributed by atoms with Crippen molar-refractivity contribution in [2.75, 3.05) is 26.7 Å². The maximum atomic E-state index is 12.0. The van der Waals surface area contributed by atoms with E-state index in [-0.39, 0.29) is 5.41 Å². The summed E-state index contributed by atoms with van der Waals surface area (Å²) in [6, 6.07) is 9.19. The van der Waals surface area contributed by atoms with Gasteiger partial charge < -0.3 is 15.0 Å². The molecule has 4 rings (SSSR count). The van der Waals surface area contributed by atoms with Crippen molar-refractivity contribution >= 4 is 5.91 Å². The molecule has 1 N–H and O–H groups in total. The minimum atomic E-state index is 0.286. The van der Waals surface area contributed by atoms with Gasteiger partial charge in [-0.05, 0) is 56.2 Å². The Kier molecular flexibility index (Phi) is 5.72. The van der Waals surface area contributed by atoms with Gasteiger partial charge in [0.2, 0.25) is 5.91 Å². The molecule has 0 spiro atoms. The van der Waals surface area contributed by atoms with E-state index in [4.69, 9.17) is 4.74 Å². The van der Waals surface area contributed by atoms with Crippen LogP contribution in [0.1, 0.15) is 63.4 Å². The smallest absolute Gasteiger partial charge is 0.223 e. The van der Waals surface area contributed by atoms with Gasteiger partial charge in [-0.2, -0.15) is 0 Å². The zero-order valence-electron chi connectivity index (χ0n) is 16.7. The molecule has 0 aromatic heterocycles. The summed E-state index contributed by atoms with van der Waals surface area (Å²) in [4.78, 5) is 14.7. The molecule has 148 valence electrons. The van der Waals surface area contributed by atoms with Gasteiger partial charge in [0.05, 0.1) is 7.11 Å². The summed E-state index contributed by atoms with van der Waals surface area (Å²) in [5.74, 6) is 1.57. The summed E-state index contributed by atoms with van der Waals surface area (Å²) >= 11 is 0. The Hall–Kier alpha value is -1.55. The van der Waals surface area contributed by atoms with Gasteiger partial charge in [-0.25, -0.2) is 0 Å². The number of rotatable bonds is 6. The van der Waals surface area contributed by atoms with E-state index in [0.29, 0.717) is 17.9 Å². The summed E-state index contributed by atoms with van der Waals surface area (Å²) in [7, 11) is 1.73. The maximum Gasteiger partial charge on any atom is 0.223 e. The third kappa shape index (κ3) is 4.48. The van der Waals surface area contributed by atoms with Crippen molar-refractivity contribution in [1.29, 1.82) is 0 Å². The second kappa shape index (κ2) is 8.22. The molecule has 1 saturated heterocycles. The fourth-order valence-corrected chi connectivity index (χ4v) is 5.04. The zero-order valence-corrected chi connectivity index (χ0v) is 16.7. The molecular formula is C23H34N2O2. The van der Waals surface area contributed by atoms with Crippen LogP contribution in [0.4, 0.5) is 0 Å². The van der Waals surface area contributed by atoms with E-state index >= 15 is 0 Å². The van der Waals surface area contributed by atoms with E-state index in [0.717, 1.165) is 51.1 Å². The minimum Gasteiger partial charge on any atom is -0.497 e. The van der Waals surface area contributed by atoms with Crippen LogP contribution in [0.15, 0.2) is 24.3 Å². The number of piperidine rings is 1. The molecular weight excluding hydrogens is 336 g/mol. The second-order valence-electron chi connectivity index (χ2n) is 8.90. The number of hydrogen-bond donors (Lipinski definition) is 1. The highest BCUT2D eigenvalue weighted by Crippen LogP contribution is 2.41. The van der Waals surface area contributed by atoms with Gasteiger partial charge in [-0.15, -0.1) is 0 Å². The predicted octanol–water partition coefficient (Wildman–Crippen LogP) is 3.89. The van der Waals surface area contributed by atoms with E-state index in [1.807, 2.05) is 0 Å². The van der Waals surface area contributed by atoms with Crippen LogP contribution < -0.4 is 10.1 Å². The molecule has 0 atom stereocenters. The van der Waals surface area contributed by atoms with Crippen LogP contribution >= 0.6 is 0 Å². The van der Waals surface area contributed by atoms with Gasteiger partial charge >= 0.3 is 0 Å². The fraction of sp³-hybridized carbons (Fsp3) is 0.696. The van der Waals surface area contributed by atoms with Crippen LogP contribution in [-0.4, -0.2) is 43.6 Å². The normalized spacial score (nSPS) is 23.7. The summed E-state index contributed by atoms with van der Waals surface area (Å²) < 4.78 is 5.36. The van der Waals surface area contributed by atoms with E-state index in [9.17, 15) is 4.79 Å². The van der Waals surface area contributed by atoms with Crippen molar-refractivity contribution in [3.05, 3.63) is 29.8 Å². The Bertz CT molecular complexity index is 624. The van der Waals surface area contributed by atoms with Gasteiger partial charge in [0.1, 0.15) is 5.75 Å². The Labute approximate surface area is 163 Å². The van der Waals surface area contributed by atoms with Crippen LogP contribution in [-0.2, 0) is 10.2 Å². The fourth-order valence-electron chi connectivity index (χ4n) is 5.04. The van der Waals surface area contributed by atoms with Crippen molar-refractivity contribution < 1.29 is 9.53 Å². The Morgan fingerprint density at radius 1 is 1.07 bits per heavy atom. The van der Waals surface area contributed by atoms with Crippen LogP contribution in [0.2, 0.25) is 0 Å². The second-order valence-corrected chi connectivity index (χ2v) is 8.90. The average Bonchev–Trinajstić information content (AvgIpc) is 3.56. The first kappa shape index (κ1) is 18.8. The first-order chi connectivity index (χ1) is 13.2. The van der Waals surface area contributed by atoms with E-state index in [1.165, 1.54) is 37.7 Å². The van der Waals surface area contributed by atoms with Gasteiger partial charge in [0.25, 0.3) is 0 Å². The SMILES string of the molecule is COc1ccc(C2(CN3CCC(NC(=O)C4CC4)CC3)CCCCC2)cc1. The first-order valence-corrected chi connectivity index (χ1v) is 10.9. The third-order valence-electron chi connectivity index (χ3n) is 6.92. The molecule has 3 aliphatic rings. The van der Waals surface area contributed by atoms with Crippen LogP contribution in [0.25, 0.3) is 0 Å². The number of carbonyl (C=O) groups excluding carboxylic acids is 1. The largest absolute Gasteiger partial charge is 0.497 e. The van der Waals surface area contributed by atoms with Crippen molar-refractivity contribution in [2.45, 2.75) is 69.2 Å². The van der Waals surface area contributed by atoms with Crippen molar-refractivity contribution in [1.82, 2.24) is 10.2 Å². The molecule has 1 heterocycles. The molecule has 1 amide bonds. The number of carbonyl (C=O) groups is 1. The Morgan fingerprint density at radius 2 is 1.74 bits per heavy atom. The highest BCUT2D eigenvalue weighted by Gasteiger charge is 2.37. The molecule has 1 aromatic carbocycles. The number of likely N-dealkylation sites (tertiary alicyclic amines) is 1. The first-order valence-electron chi connectivity index (χ1n) is 10.9. The Morgan fingerprint density at radius 3 is 2.33 bits per heavy atom. The summed E-state index contributed by atoms with van der Waals surface area (Å²) in [6.45, 7) is 3.36. The molecule has 2 saturated carbocycles. The monoisotopic (exact) mass is 370 g/mol. The van der Waals surface area contributed by atoms with Crippen LogP contribution in [0.3, 0.4) is 0 Å². The van der Waals surface area contributed by atoms with E-state index in [1.54, 1.807) is 7.11 Å². The topological polar surface area (TPSA) is 41.6 Å². The molecule has 27 heavy (non-hydrogen) atoms. The summed E-state index contributed by atoms with van der Waals surface area (Å²) in [5, 5.41) is 3.28. The number of amides is 1.